The molecule has 3 rings (SSSR count). The van der Waals surface area contributed by atoms with Gasteiger partial charge in [-0.3, -0.25) is 0 Å². The zero-order chi connectivity index (χ0) is 13.2. The minimum Gasteiger partial charge on any atom is -0.496 e. The van der Waals surface area contributed by atoms with Gasteiger partial charge in [-0.15, -0.1) is 0 Å². The van der Waals surface area contributed by atoms with Gasteiger partial charge in [0.15, 0.2) is 0 Å². The summed E-state index contributed by atoms with van der Waals surface area (Å²) in [4.78, 5) is 2.52. The molecule has 0 amide bonds. The second-order valence-corrected chi connectivity index (χ2v) is 5.19. The first-order valence-electron chi connectivity index (χ1n) is 7.03. The minimum atomic E-state index is 0.951. The molecule has 0 unspecified atom stereocenters. The Labute approximate surface area is 114 Å². The third-order valence-electron chi connectivity index (χ3n) is 4.17. The average Bonchev–Trinajstić information content (AvgIpc) is 2.99. The first-order chi connectivity index (χ1) is 9.33. The summed E-state index contributed by atoms with van der Waals surface area (Å²) in [6.07, 6.45) is 7.08. The molecule has 1 aliphatic carbocycles. The van der Waals surface area contributed by atoms with E-state index in [1.807, 2.05) is 12.1 Å². The normalized spacial score (nSPS) is 18.0. The van der Waals surface area contributed by atoms with Gasteiger partial charge in [0.05, 0.1) is 14.2 Å². The van der Waals surface area contributed by atoms with Crippen LogP contribution in [-0.4, -0.2) is 32.2 Å². The largest absolute Gasteiger partial charge is 0.496 e. The number of likely N-dealkylation sites (tertiary alicyclic amines) is 1. The SMILES string of the molecule is COc1ccc(OC)c2c1C=C(N1CCCC1)CC2. The highest BCUT2D eigenvalue weighted by Crippen LogP contribution is 2.38. The van der Waals surface area contributed by atoms with Gasteiger partial charge in [0.25, 0.3) is 0 Å². The second-order valence-electron chi connectivity index (χ2n) is 5.19. The number of hydrogen-bond acceptors (Lipinski definition) is 3. The van der Waals surface area contributed by atoms with E-state index < -0.39 is 0 Å². The van der Waals surface area contributed by atoms with Crippen molar-refractivity contribution in [3.63, 3.8) is 0 Å². The maximum absolute atomic E-state index is 5.50. The molecular formula is C16H21NO2. The molecule has 3 heteroatoms. The molecule has 0 spiro atoms. The second kappa shape index (κ2) is 5.16. The lowest BCUT2D eigenvalue weighted by atomic mass is 9.93. The fourth-order valence-corrected chi connectivity index (χ4v) is 3.15. The van der Waals surface area contributed by atoms with E-state index >= 15 is 0 Å². The van der Waals surface area contributed by atoms with Crippen LogP contribution in [0.3, 0.4) is 0 Å². The molecule has 2 aliphatic rings. The third-order valence-corrected chi connectivity index (χ3v) is 4.17. The summed E-state index contributed by atoms with van der Waals surface area (Å²) in [6, 6.07) is 4.01. The molecule has 0 saturated carbocycles. The van der Waals surface area contributed by atoms with Crippen molar-refractivity contribution in [2.45, 2.75) is 25.7 Å². The highest BCUT2D eigenvalue weighted by molar-refractivity contribution is 5.68. The number of rotatable bonds is 3. The Hall–Kier alpha value is -1.64. The van der Waals surface area contributed by atoms with E-state index in [4.69, 9.17) is 9.47 Å². The van der Waals surface area contributed by atoms with Crippen LogP contribution in [0.4, 0.5) is 0 Å². The predicted octanol–water partition coefficient (Wildman–Crippen LogP) is 3.09. The minimum absolute atomic E-state index is 0.951. The molecule has 1 aliphatic heterocycles. The predicted molar refractivity (Wildman–Crippen MR) is 76.7 cm³/mol. The molecule has 1 fully saturated rings. The van der Waals surface area contributed by atoms with Gasteiger partial charge >= 0.3 is 0 Å². The molecule has 0 N–H and O–H groups in total. The van der Waals surface area contributed by atoms with Crippen LogP contribution in [0.2, 0.25) is 0 Å². The third kappa shape index (κ3) is 2.18. The molecule has 3 nitrogen and oxygen atoms in total. The molecular weight excluding hydrogens is 238 g/mol. The molecule has 1 aromatic rings. The van der Waals surface area contributed by atoms with Gasteiger partial charge in [0, 0.05) is 29.9 Å². The summed E-state index contributed by atoms with van der Waals surface area (Å²) < 4.78 is 11.0. The maximum Gasteiger partial charge on any atom is 0.126 e. The van der Waals surface area contributed by atoms with Crippen molar-refractivity contribution >= 4 is 6.08 Å². The van der Waals surface area contributed by atoms with E-state index in [1.54, 1.807) is 14.2 Å². The zero-order valence-electron chi connectivity index (χ0n) is 11.7. The first kappa shape index (κ1) is 12.4. The lowest BCUT2D eigenvalue weighted by Gasteiger charge is -2.27. The summed E-state index contributed by atoms with van der Waals surface area (Å²) in [5.74, 6) is 1.93. The Morgan fingerprint density at radius 1 is 0.947 bits per heavy atom. The van der Waals surface area contributed by atoms with Crippen LogP contribution in [0.15, 0.2) is 17.8 Å². The van der Waals surface area contributed by atoms with Crippen LogP contribution in [0.5, 0.6) is 11.5 Å². The zero-order valence-corrected chi connectivity index (χ0v) is 11.7. The lowest BCUT2D eigenvalue weighted by Crippen LogP contribution is -2.21. The Kier molecular flexibility index (Phi) is 3.36. The van der Waals surface area contributed by atoms with Crippen molar-refractivity contribution in [3.8, 4) is 11.5 Å². The van der Waals surface area contributed by atoms with E-state index in [9.17, 15) is 0 Å². The Morgan fingerprint density at radius 2 is 1.63 bits per heavy atom. The van der Waals surface area contributed by atoms with Crippen LogP contribution in [0.1, 0.15) is 30.4 Å². The quantitative estimate of drug-likeness (QED) is 0.832. The van der Waals surface area contributed by atoms with E-state index in [0.717, 1.165) is 24.3 Å². The van der Waals surface area contributed by atoms with E-state index in [0.29, 0.717) is 0 Å². The number of methoxy groups -OCH3 is 2. The Bertz CT molecular complexity index is 502. The number of hydrogen-bond donors (Lipinski definition) is 0. The standard InChI is InChI=1S/C16H21NO2/c1-18-15-7-8-16(19-2)14-11-12(5-6-13(14)15)17-9-3-4-10-17/h7-8,11H,3-6,9-10H2,1-2H3. The number of allylic oxidation sites excluding steroid dienone is 1. The smallest absolute Gasteiger partial charge is 0.126 e. The van der Waals surface area contributed by atoms with Gasteiger partial charge in [0.1, 0.15) is 11.5 Å². The van der Waals surface area contributed by atoms with E-state index in [-0.39, 0.29) is 0 Å². The molecule has 0 radical (unpaired) electrons. The van der Waals surface area contributed by atoms with E-state index in [1.165, 1.54) is 42.8 Å². The lowest BCUT2D eigenvalue weighted by molar-refractivity contribution is 0.388. The summed E-state index contributed by atoms with van der Waals surface area (Å²) in [5.41, 5.74) is 3.94. The van der Waals surface area contributed by atoms with Crippen molar-refractivity contribution in [3.05, 3.63) is 29.0 Å². The average molecular weight is 259 g/mol. The fourth-order valence-electron chi connectivity index (χ4n) is 3.15. The number of nitrogens with zero attached hydrogens (tertiary/aromatic N) is 1. The molecule has 0 aromatic heterocycles. The van der Waals surface area contributed by atoms with Crippen LogP contribution in [0, 0.1) is 0 Å². The summed E-state index contributed by atoms with van der Waals surface area (Å²) >= 11 is 0. The Balaban J connectivity index is 2.02. The van der Waals surface area contributed by atoms with Crippen LogP contribution >= 0.6 is 0 Å². The van der Waals surface area contributed by atoms with Crippen molar-refractivity contribution in [2.75, 3.05) is 27.3 Å². The summed E-state index contributed by atoms with van der Waals surface area (Å²) in [7, 11) is 3.47. The van der Waals surface area contributed by atoms with Crippen LogP contribution in [-0.2, 0) is 6.42 Å². The van der Waals surface area contributed by atoms with Crippen molar-refractivity contribution < 1.29 is 9.47 Å². The van der Waals surface area contributed by atoms with Crippen LogP contribution in [0.25, 0.3) is 6.08 Å². The molecule has 0 atom stereocenters. The molecule has 1 saturated heterocycles. The van der Waals surface area contributed by atoms with Crippen molar-refractivity contribution in [1.29, 1.82) is 0 Å². The van der Waals surface area contributed by atoms with Gasteiger partial charge in [0.2, 0.25) is 0 Å². The number of fused-ring (bicyclic) bond motifs is 1. The van der Waals surface area contributed by atoms with Crippen molar-refractivity contribution in [1.82, 2.24) is 4.90 Å². The van der Waals surface area contributed by atoms with E-state index in [2.05, 4.69) is 11.0 Å². The molecule has 1 heterocycles. The molecule has 19 heavy (non-hydrogen) atoms. The molecule has 1 aromatic carbocycles. The monoisotopic (exact) mass is 259 g/mol. The van der Waals surface area contributed by atoms with Gasteiger partial charge < -0.3 is 14.4 Å². The first-order valence-corrected chi connectivity index (χ1v) is 7.03. The summed E-state index contributed by atoms with van der Waals surface area (Å²) in [5, 5.41) is 0. The van der Waals surface area contributed by atoms with Crippen molar-refractivity contribution in [2.24, 2.45) is 0 Å². The Morgan fingerprint density at radius 3 is 2.32 bits per heavy atom. The number of benzene rings is 1. The molecule has 0 bridgehead atoms. The summed E-state index contributed by atoms with van der Waals surface area (Å²) in [6.45, 7) is 2.40. The van der Waals surface area contributed by atoms with Gasteiger partial charge in [-0.1, -0.05) is 0 Å². The fraction of sp³-hybridized carbons (Fsp3) is 0.500. The highest BCUT2D eigenvalue weighted by atomic mass is 16.5. The number of ether oxygens (including phenoxy) is 2. The topological polar surface area (TPSA) is 21.7 Å². The van der Waals surface area contributed by atoms with Gasteiger partial charge in [-0.2, -0.15) is 0 Å². The van der Waals surface area contributed by atoms with Crippen LogP contribution < -0.4 is 9.47 Å². The van der Waals surface area contributed by atoms with Gasteiger partial charge in [-0.05, 0) is 43.9 Å². The van der Waals surface area contributed by atoms with Gasteiger partial charge in [-0.25, -0.2) is 0 Å². The maximum atomic E-state index is 5.50. The highest BCUT2D eigenvalue weighted by Gasteiger charge is 2.22. The molecule has 102 valence electrons.